The fraction of sp³-hybridized carbons (Fsp3) is 0.667. The minimum atomic E-state index is -0.0101. The van der Waals surface area contributed by atoms with E-state index in [9.17, 15) is 4.79 Å². The molecule has 142 valence electrons. The van der Waals surface area contributed by atoms with Crippen LogP contribution in [0.15, 0.2) is 30.3 Å². The van der Waals surface area contributed by atoms with Crippen molar-refractivity contribution in [1.29, 1.82) is 0 Å². The van der Waals surface area contributed by atoms with Crippen molar-refractivity contribution in [3.8, 4) is 0 Å². The predicted molar refractivity (Wildman–Crippen MR) is 100 cm³/mol. The molecule has 0 aromatic heterocycles. The summed E-state index contributed by atoms with van der Waals surface area (Å²) in [6.45, 7) is 4.56. The molecule has 5 nitrogen and oxygen atoms in total. The summed E-state index contributed by atoms with van der Waals surface area (Å²) >= 11 is 0. The standard InChI is InChI=1S/C21H30N2O3/c24-20(17-5-2-1-3-6-17)22-15-19-7-4-10-21(26-19)11-12-23(16-21)18-8-13-25-14-9-18/h1-3,5-6,18-19H,4,7-16H2,(H,22,24)/t19-,21-/m1/s1. The molecule has 0 radical (unpaired) electrons. The van der Waals surface area contributed by atoms with E-state index >= 15 is 0 Å². The Labute approximate surface area is 156 Å². The molecule has 1 spiro atoms. The van der Waals surface area contributed by atoms with Crippen LogP contribution in [0.1, 0.15) is 48.9 Å². The van der Waals surface area contributed by atoms with E-state index in [0.29, 0.717) is 18.2 Å². The van der Waals surface area contributed by atoms with Gasteiger partial charge in [0.25, 0.3) is 5.91 Å². The second kappa shape index (κ2) is 8.07. The van der Waals surface area contributed by atoms with Gasteiger partial charge < -0.3 is 14.8 Å². The third-order valence-electron chi connectivity index (χ3n) is 6.15. The first kappa shape index (κ1) is 18.0. The number of nitrogens with zero attached hydrogens (tertiary/aromatic N) is 1. The van der Waals surface area contributed by atoms with E-state index in [4.69, 9.17) is 9.47 Å². The summed E-state index contributed by atoms with van der Waals surface area (Å²) in [5.41, 5.74) is 0.711. The lowest BCUT2D eigenvalue weighted by molar-refractivity contribution is -0.121. The molecule has 4 rings (SSSR count). The van der Waals surface area contributed by atoms with Crippen molar-refractivity contribution >= 4 is 5.91 Å². The summed E-state index contributed by atoms with van der Waals surface area (Å²) in [7, 11) is 0. The Morgan fingerprint density at radius 2 is 1.96 bits per heavy atom. The molecule has 1 aromatic rings. The van der Waals surface area contributed by atoms with E-state index in [-0.39, 0.29) is 17.6 Å². The largest absolute Gasteiger partial charge is 0.381 e. The summed E-state index contributed by atoms with van der Waals surface area (Å²) in [6, 6.07) is 10.1. The van der Waals surface area contributed by atoms with Crippen molar-refractivity contribution < 1.29 is 14.3 Å². The number of ether oxygens (including phenoxy) is 2. The average Bonchev–Trinajstić information content (AvgIpc) is 3.10. The van der Waals surface area contributed by atoms with Crippen molar-refractivity contribution in [2.24, 2.45) is 0 Å². The maximum atomic E-state index is 12.3. The van der Waals surface area contributed by atoms with Gasteiger partial charge in [0.1, 0.15) is 0 Å². The van der Waals surface area contributed by atoms with Gasteiger partial charge in [0.15, 0.2) is 0 Å². The van der Waals surface area contributed by atoms with Gasteiger partial charge >= 0.3 is 0 Å². The zero-order valence-corrected chi connectivity index (χ0v) is 15.5. The highest BCUT2D eigenvalue weighted by Gasteiger charge is 2.44. The van der Waals surface area contributed by atoms with E-state index < -0.39 is 0 Å². The lowest BCUT2D eigenvalue weighted by atomic mass is 9.90. The number of nitrogens with one attached hydrogen (secondary N) is 1. The molecule has 0 saturated carbocycles. The number of rotatable bonds is 4. The Hall–Kier alpha value is -1.43. The number of hydrogen-bond donors (Lipinski definition) is 1. The molecule has 3 aliphatic heterocycles. The van der Waals surface area contributed by atoms with Gasteiger partial charge in [0, 0.05) is 44.5 Å². The van der Waals surface area contributed by atoms with E-state index in [1.54, 1.807) is 0 Å². The zero-order chi connectivity index (χ0) is 17.8. The molecule has 0 bridgehead atoms. The van der Waals surface area contributed by atoms with Gasteiger partial charge in [0.05, 0.1) is 11.7 Å². The third kappa shape index (κ3) is 4.11. The molecule has 3 aliphatic rings. The van der Waals surface area contributed by atoms with Crippen LogP contribution < -0.4 is 5.32 Å². The van der Waals surface area contributed by atoms with Gasteiger partial charge in [-0.1, -0.05) is 18.2 Å². The highest BCUT2D eigenvalue weighted by molar-refractivity contribution is 5.94. The van der Waals surface area contributed by atoms with Gasteiger partial charge in [-0.15, -0.1) is 0 Å². The Bertz CT molecular complexity index is 603. The van der Waals surface area contributed by atoms with Crippen molar-refractivity contribution in [1.82, 2.24) is 10.2 Å². The Balaban J connectivity index is 1.29. The Kier molecular flexibility index (Phi) is 5.57. The molecule has 3 heterocycles. The minimum absolute atomic E-state index is 0.00129. The highest BCUT2D eigenvalue weighted by atomic mass is 16.5. The molecular weight excluding hydrogens is 328 g/mol. The second-order valence-corrected chi connectivity index (χ2v) is 7.96. The van der Waals surface area contributed by atoms with Gasteiger partial charge in [-0.3, -0.25) is 9.69 Å². The molecule has 5 heteroatoms. The smallest absolute Gasteiger partial charge is 0.251 e. The number of carbonyl (C=O) groups is 1. The maximum Gasteiger partial charge on any atom is 0.251 e. The highest BCUT2D eigenvalue weighted by Crippen LogP contribution is 2.38. The molecule has 1 aromatic carbocycles. The Morgan fingerprint density at radius 1 is 1.15 bits per heavy atom. The predicted octanol–water partition coefficient (Wildman–Crippen LogP) is 2.61. The molecule has 0 aliphatic carbocycles. The number of hydrogen-bond acceptors (Lipinski definition) is 4. The van der Waals surface area contributed by atoms with Crippen molar-refractivity contribution in [2.75, 3.05) is 32.8 Å². The summed E-state index contributed by atoms with van der Waals surface area (Å²) in [6.07, 6.45) is 6.91. The molecule has 2 atom stereocenters. The second-order valence-electron chi connectivity index (χ2n) is 7.96. The number of likely N-dealkylation sites (tertiary alicyclic amines) is 1. The molecule has 26 heavy (non-hydrogen) atoms. The molecule has 1 N–H and O–H groups in total. The van der Waals surface area contributed by atoms with Crippen molar-refractivity contribution in [3.63, 3.8) is 0 Å². The van der Waals surface area contributed by atoms with Crippen LogP contribution in [-0.2, 0) is 9.47 Å². The first-order valence-corrected chi connectivity index (χ1v) is 10.1. The van der Waals surface area contributed by atoms with Gasteiger partial charge in [0.2, 0.25) is 0 Å². The van der Waals surface area contributed by atoms with Crippen LogP contribution in [0, 0.1) is 0 Å². The van der Waals surface area contributed by atoms with Crippen LogP contribution in [0.25, 0.3) is 0 Å². The maximum absolute atomic E-state index is 12.3. The summed E-state index contributed by atoms with van der Waals surface area (Å²) in [5, 5.41) is 3.06. The van der Waals surface area contributed by atoms with Crippen LogP contribution in [0.2, 0.25) is 0 Å². The number of amides is 1. The van der Waals surface area contributed by atoms with Gasteiger partial charge in [-0.05, 0) is 50.7 Å². The quantitative estimate of drug-likeness (QED) is 0.899. The zero-order valence-electron chi connectivity index (χ0n) is 15.5. The van der Waals surface area contributed by atoms with Crippen molar-refractivity contribution in [2.45, 2.75) is 56.3 Å². The summed E-state index contributed by atoms with van der Waals surface area (Å²) in [4.78, 5) is 14.9. The summed E-state index contributed by atoms with van der Waals surface area (Å²) < 4.78 is 12.1. The Morgan fingerprint density at radius 3 is 2.77 bits per heavy atom. The number of benzene rings is 1. The monoisotopic (exact) mass is 358 g/mol. The molecule has 3 saturated heterocycles. The third-order valence-corrected chi connectivity index (χ3v) is 6.15. The van der Waals surface area contributed by atoms with Crippen LogP contribution in [0.4, 0.5) is 0 Å². The SMILES string of the molecule is O=C(NC[C@H]1CCC[C@]2(CCN(C3CCOCC3)C2)O1)c1ccccc1. The van der Waals surface area contributed by atoms with E-state index in [2.05, 4.69) is 10.2 Å². The molecule has 3 fully saturated rings. The van der Waals surface area contributed by atoms with Crippen molar-refractivity contribution in [3.05, 3.63) is 35.9 Å². The van der Waals surface area contributed by atoms with Crippen LogP contribution in [-0.4, -0.2) is 61.4 Å². The average molecular weight is 358 g/mol. The van der Waals surface area contributed by atoms with Gasteiger partial charge in [-0.2, -0.15) is 0 Å². The minimum Gasteiger partial charge on any atom is -0.381 e. The summed E-state index contributed by atoms with van der Waals surface area (Å²) in [5.74, 6) is -0.0101. The first-order chi connectivity index (χ1) is 12.7. The first-order valence-electron chi connectivity index (χ1n) is 10.1. The van der Waals surface area contributed by atoms with E-state index in [0.717, 1.165) is 58.4 Å². The fourth-order valence-electron chi connectivity index (χ4n) is 4.70. The van der Waals surface area contributed by atoms with E-state index in [1.165, 1.54) is 6.42 Å². The van der Waals surface area contributed by atoms with Crippen LogP contribution in [0.3, 0.4) is 0 Å². The van der Waals surface area contributed by atoms with Crippen LogP contribution in [0.5, 0.6) is 0 Å². The lowest BCUT2D eigenvalue weighted by Gasteiger charge is -2.40. The number of carbonyl (C=O) groups excluding carboxylic acids is 1. The molecule has 0 unspecified atom stereocenters. The topological polar surface area (TPSA) is 50.8 Å². The van der Waals surface area contributed by atoms with E-state index in [1.807, 2.05) is 30.3 Å². The lowest BCUT2D eigenvalue weighted by Crippen LogP contribution is -2.48. The van der Waals surface area contributed by atoms with Gasteiger partial charge in [-0.25, -0.2) is 0 Å². The molecular formula is C21H30N2O3. The molecule has 1 amide bonds. The van der Waals surface area contributed by atoms with Crippen LogP contribution >= 0.6 is 0 Å². The normalized spacial score (nSPS) is 30.5. The fourth-order valence-corrected chi connectivity index (χ4v) is 4.70.